The molecule has 124 valence electrons. The summed E-state index contributed by atoms with van der Waals surface area (Å²) in [5.74, 6) is 1.62. The molecule has 7 heteroatoms. The average Bonchev–Trinajstić information content (AvgIpc) is 3.28. The summed E-state index contributed by atoms with van der Waals surface area (Å²) in [6, 6.07) is 9.36. The van der Waals surface area contributed by atoms with Gasteiger partial charge in [-0.1, -0.05) is 5.16 Å². The number of hydrogen-bond donors (Lipinski definition) is 1. The molecule has 0 aliphatic carbocycles. The smallest absolute Gasteiger partial charge is 0.241 e. The second kappa shape index (κ2) is 6.62. The standard InChI is InChI=1S/C17H18N4O2S/c22-15-3-1-14(2-4-15)21-8-6-20(7-9-21)11-16-18-17(19-23-16)13-5-10-24-12-13/h1-5,10,12,22H,6-9,11H2. The van der Waals surface area contributed by atoms with Crippen LogP contribution in [0, 0.1) is 0 Å². The Balaban J connectivity index is 1.34. The number of thiophene rings is 1. The first-order chi connectivity index (χ1) is 11.8. The van der Waals surface area contributed by atoms with E-state index in [9.17, 15) is 5.11 Å². The topological polar surface area (TPSA) is 65.6 Å². The lowest BCUT2D eigenvalue weighted by molar-refractivity contribution is 0.215. The van der Waals surface area contributed by atoms with Gasteiger partial charge in [-0.15, -0.1) is 0 Å². The Morgan fingerprint density at radius 1 is 1.08 bits per heavy atom. The van der Waals surface area contributed by atoms with Crippen LogP contribution < -0.4 is 4.90 Å². The minimum atomic E-state index is 0.301. The number of aromatic hydroxyl groups is 1. The number of phenolic OH excluding ortho intramolecular Hbond substituents is 1. The molecular formula is C17H18N4O2S. The Morgan fingerprint density at radius 3 is 2.58 bits per heavy atom. The van der Waals surface area contributed by atoms with E-state index in [1.165, 1.54) is 0 Å². The largest absolute Gasteiger partial charge is 0.508 e. The highest BCUT2D eigenvalue weighted by atomic mass is 32.1. The molecule has 1 aromatic carbocycles. The number of aromatic nitrogens is 2. The second-order valence-electron chi connectivity index (χ2n) is 5.80. The van der Waals surface area contributed by atoms with Gasteiger partial charge >= 0.3 is 0 Å². The molecule has 2 aromatic heterocycles. The molecule has 6 nitrogen and oxygen atoms in total. The summed E-state index contributed by atoms with van der Waals surface area (Å²) in [6.45, 7) is 4.45. The number of anilines is 1. The first kappa shape index (κ1) is 15.2. The van der Waals surface area contributed by atoms with E-state index in [1.54, 1.807) is 23.5 Å². The Hall–Kier alpha value is -2.38. The van der Waals surface area contributed by atoms with Gasteiger partial charge in [0.2, 0.25) is 11.7 Å². The summed E-state index contributed by atoms with van der Waals surface area (Å²) in [4.78, 5) is 9.12. The van der Waals surface area contributed by atoms with E-state index in [1.807, 2.05) is 29.0 Å². The number of nitrogens with zero attached hydrogens (tertiary/aromatic N) is 4. The van der Waals surface area contributed by atoms with Crippen LogP contribution in [-0.2, 0) is 6.54 Å². The highest BCUT2D eigenvalue weighted by Crippen LogP contribution is 2.21. The van der Waals surface area contributed by atoms with E-state index >= 15 is 0 Å². The van der Waals surface area contributed by atoms with Crippen LogP contribution in [0.15, 0.2) is 45.6 Å². The van der Waals surface area contributed by atoms with Gasteiger partial charge < -0.3 is 14.5 Å². The van der Waals surface area contributed by atoms with Gasteiger partial charge in [-0.25, -0.2) is 0 Å². The van der Waals surface area contributed by atoms with Crippen LogP contribution >= 0.6 is 11.3 Å². The van der Waals surface area contributed by atoms with Gasteiger partial charge in [0.05, 0.1) is 6.54 Å². The van der Waals surface area contributed by atoms with Crippen molar-refractivity contribution in [3.8, 4) is 17.1 Å². The molecule has 0 amide bonds. The third kappa shape index (κ3) is 3.27. The fraction of sp³-hybridized carbons (Fsp3) is 0.294. The predicted octanol–water partition coefficient (Wildman–Crippen LogP) is 2.83. The van der Waals surface area contributed by atoms with Crippen LogP contribution in [0.3, 0.4) is 0 Å². The Labute approximate surface area is 144 Å². The van der Waals surface area contributed by atoms with Gasteiger partial charge in [-0.3, -0.25) is 4.90 Å². The van der Waals surface area contributed by atoms with Crippen LogP contribution in [0.1, 0.15) is 5.89 Å². The molecule has 1 aliphatic rings. The van der Waals surface area contributed by atoms with E-state index in [0.29, 0.717) is 24.0 Å². The highest BCUT2D eigenvalue weighted by molar-refractivity contribution is 7.08. The maximum atomic E-state index is 9.38. The van der Waals surface area contributed by atoms with Crippen molar-refractivity contribution >= 4 is 17.0 Å². The monoisotopic (exact) mass is 342 g/mol. The summed E-state index contributed by atoms with van der Waals surface area (Å²) in [6.07, 6.45) is 0. The van der Waals surface area contributed by atoms with E-state index in [2.05, 4.69) is 19.9 Å². The quantitative estimate of drug-likeness (QED) is 0.786. The Morgan fingerprint density at radius 2 is 1.88 bits per heavy atom. The fourth-order valence-electron chi connectivity index (χ4n) is 2.85. The van der Waals surface area contributed by atoms with Crippen LogP contribution in [0.2, 0.25) is 0 Å². The summed E-state index contributed by atoms with van der Waals surface area (Å²) < 4.78 is 5.38. The fourth-order valence-corrected chi connectivity index (χ4v) is 3.48. The highest BCUT2D eigenvalue weighted by Gasteiger charge is 2.19. The molecule has 1 aliphatic heterocycles. The zero-order valence-corrected chi connectivity index (χ0v) is 13.9. The molecule has 0 unspecified atom stereocenters. The molecule has 1 fully saturated rings. The lowest BCUT2D eigenvalue weighted by atomic mass is 10.2. The molecule has 1 N–H and O–H groups in total. The number of phenols is 1. The summed E-state index contributed by atoms with van der Waals surface area (Å²) in [7, 11) is 0. The van der Waals surface area contributed by atoms with E-state index in [4.69, 9.17) is 4.52 Å². The van der Waals surface area contributed by atoms with Gasteiger partial charge in [0.25, 0.3) is 0 Å². The lowest BCUT2D eigenvalue weighted by Crippen LogP contribution is -2.46. The van der Waals surface area contributed by atoms with Crippen molar-refractivity contribution in [3.05, 3.63) is 47.0 Å². The molecule has 0 radical (unpaired) electrons. The van der Waals surface area contributed by atoms with Crippen molar-refractivity contribution < 1.29 is 9.63 Å². The zero-order valence-electron chi connectivity index (χ0n) is 13.1. The second-order valence-corrected chi connectivity index (χ2v) is 6.58. The van der Waals surface area contributed by atoms with E-state index in [0.717, 1.165) is 37.4 Å². The number of piperazine rings is 1. The number of hydrogen-bond acceptors (Lipinski definition) is 7. The van der Waals surface area contributed by atoms with Crippen LogP contribution in [0.25, 0.3) is 11.4 Å². The van der Waals surface area contributed by atoms with Crippen LogP contribution in [0.4, 0.5) is 5.69 Å². The molecule has 3 aromatic rings. The molecule has 1 saturated heterocycles. The van der Waals surface area contributed by atoms with Gasteiger partial charge in [0.1, 0.15) is 5.75 Å². The normalized spacial score (nSPS) is 15.8. The van der Waals surface area contributed by atoms with Crippen LogP contribution in [-0.4, -0.2) is 46.3 Å². The number of rotatable bonds is 4. The molecule has 0 spiro atoms. The molecule has 24 heavy (non-hydrogen) atoms. The van der Waals surface area contributed by atoms with E-state index in [-0.39, 0.29) is 0 Å². The minimum absolute atomic E-state index is 0.301. The van der Waals surface area contributed by atoms with Crippen molar-refractivity contribution in [3.63, 3.8) is 0 Å². The Bertz CT molecular complexity index is 777. The summed E-state index contributed by atoms with van der Waals surface area (Å²) in [5.41, 5.74) is 2.15. The van der Waals surface area contributed by atoms with Crippen molar-refractivity contribution in [2.75, 3.05) is 31.1 Å². The first-order valence-corrected chi connectivity index (χ1v) is 8.84. The maximum Gasteiger partial charge on any atom is 0.241 e. The summed E-state index contributed by atoms with van der Waals surface area (Å²) >= 11 is 1.63. The van der Waals surface area contributed by atoms with E-state index < -0.39 is 0 Å². The third-order valence-electron chi connectivity index (χ3n) is 4.19. The maximum absolute atomic E-state index is 9.38. The number of benzene rings is 1. The minimum Gasteiger partial charge on any atom is -0.508 e. The van der Waals surface area contributed by atoms with Crippen molar-refractivity contribution in [2.24, 2.45) is 0 Å². The first-order valence-electron chi connectivity index (χ1n) is 7.89. The zero-order chi connectivity index (χ0) is 16.4. The Kier molecular flexibility index (Phi) is 4.18. The molecule has 0 atom stereocenters. The molecule has 0 saturated carbocycles. The van der Waals surface area contributed by atoms with Crippen LogP contribution in [0.5, 0.6) is 5.75 Å². The van der Waals surface area contributed by atoms with Crippen molar-refractivity contribution in [2.45, 2.75) is 6.54 Å². The van der Waals surface area contributed by atoms with Gasteiger partial charge in [-0.05, 0) is 35.7 Å². The molecular weight excluding hydrogens is 324 g/mol. The molecule has 0 bridgehead atoms. The van der Waals surface area contributed by atoms with Gasteiger partial charge in [0, 0.05) is 42.8 Å². The predicted molar refractivity (Wildman–Crippen MR) is 93.2 cm³/mol. The SMILES string of the molecule is Oc1ccc(N2CCN(Cc3nc(-c4ccsc4)no3)CC2)cc1. The molecule has 4 rings (SSSR count). The lowest BCUT2D eigenvalue weighted by Gasteiger charge is -2.35. The van der Waals surface area contributed by atoms with Gasteiger partial charge in [-0.2, -0.15) is 16.3 Å². The average molecular weight is 342 g/mol. The van der Waals surface area contributed by atoms with Crippen molar-refractivity contribution in [1.82, 2.24) is 15.0 Å². The van der Waals surface area contributed by atoms with Crippen molar-refractivity contribution in [1.29, 1.82) is 0 Å². The van der Waals surface area contributed by atoms with Gasteiger partial charge in [0.15, 0.2) is 0 Å². The third-order valence-corrected chi connectivity index (χ3v) is 4.88. The molecule has 3 heterocycles. The summed E-state index contributed by atoms with van der Waals surface area (Å²) in [5, 5.41) is 17.5.